The molecule has 1 heterocycles. The second-order valence-corrected chi connectivity index (χ2v) is 8.11. The van der Waals surface area contributed by atoms with Crippen molar-refractivity contribution in [2.45, 2.75) is 17.6 Å². The van der Waals surface area contributed by atoms with E-state index in [1.54, 1.807) is 16.8 Å². The summed E-state index contributed by atoms with van der Waals surface area (Å²) >= 11 is 4.46. The average Bonchev–Trinajstić information content (AvgIpc) is 2.90. The zero-order valence-corrected chi connectivity index (χ0v) is 14.3. The van der Waals surface area contributed by atoms with Crippen molar-refractivity contribution in [1.82, 2.24) is 4.31 Å². The number of halogens is 4. The largest absolute Gasteiger partial charge is 0.402 e. The van der Waals surface area contributed by atoms with Crippen molar-refractivity contribution in [2.24, 2.45) is 0 Å². The topological polar surface area (TPSA) is 37.4 Å². The van der Waals surface area contributed by atoms with Gasteiger partial charge in [0.2, 0.25) is 10.0 Å². The monoisotopic (exact) mass is 413 g/mol. The minimum atomic E-state index is -4.61. The van der Waals surface area contributed by atoms with E-state index in [0.717, 1.165) is 0 Å². The molecule has 2 rings (SSSR count). The molecule has 0 aliphatic heterocycles. The molecule has 0 amide bonds. The van der Waals surface area contributed by atoms with Crippen molar-refractivity contribution in [3.8, 4) is 0 Å². The molecule has 120 valence electrons. The van der Waals surface area contributed by atoms with Gasteiger partial charge in [-0.2, -0.15) is 28.8 Å². The van der Waals surface area contributed by atoms with Crippen molar-refractivity contribution >= 4 is 37.3 Å². The quantitative estimate of drug-likeness (QED) is 0.733. The van der Waals surface area contributed by atoms with Crippen LogP contribution in [-0.2, 0) is 16.6 Å². The first-order valence-corrected chi connectivity index (χ1v) is 9.19. The number of rotatable bonds is 5. The highest BCUT2D eigenvalue weighted by Gasteiger charge is 2.37. The Hall–Kier alpha value is -0.900. The number of nitrogens with zero attached hydrogens (tertiary/aromatic N) is 1. The third-order valence-corrected chi connectivity index (χ3v) is 5.81. The predicted molar refractivity (Wildman–Crippen MR) is 82.1 cm³/mol. The predicted octanol–water partition coefficient (Wildman–Crippen LogP) is 4.26. The van der Waals surface area contributed by atoms with Crippen molar-refractivity contribution in [1.29, 1.82) is 0 Å². The van der Waals surface area contributed by atoms with E-state index in [1.807, 2.05) is 0 Å². The van der Waals surface area contributed by atoms with Gasteiger partial charge in [-0.1, -0.05) is 15.9 Å². The van der Waals surface area contributed by atoms with Crippen molar-refractivity contribution in [3.63, 3.8) is 0 Å². The first-order chi connectivity index (χ1) is 10.2. The molecule has 0 unspecified atom stereocenters. The highest BCUT2D eigenvalue weighted by atomic mass is 79.9. The Morgan fingerprint density at radius 3 is 2.27 bits per heavy atom. The van der Waals surface area contributed by atoms with Gasteiger partial charge >= 0.3 is 6.18 Å². The Morgan fingerprint density at radius 1 is 1.14 bits per heavy atom. The zero-order chi connectivity index (χ0) is 16.4. The standard InChI is InChI=1S/C13H11BrF3NO2S2/c14-11-1-3-12(4-2-11)22(19,20)18(9-13(15,16)17)7-10-5-6-21-8-10/h1-6,8H,7,9H2. The van der Waals surface area contributed by atoms with E-state index in [4.69, 9.17) is 0 Å². The van der Waals surface area contributed by atoms with Crippen molar-refractivity contribution in [2.75, 3.05) is 6.54 Å². The first-order valence-electron chi connectivity index (χ1n) is 6.02. The smallest absolute Gasteiger partial charge is 0.207 e. The maximum absolute atomic E-state index is 12.7. The number of hydrogen-bond acceptors (Lipinski definition) is 3. The lowest BCUT2D eigenvalue weighted by Gasteiger charge is -2.23. The van der Waals surface area contributed by atoms with Gasteiger partial charge in [-0.3, -0.25) is 0 Å². The summed E-state index contributed by atoms with van der Waals surface area (Å²) in [6.45, 7) is -1.84. The molecular weight excluding hydrogens is 403 g/mol. The van der Waals surface area contributed by atoms with E-state index in [2.05, 4.69) is 15.9 Å². The molecule has 1 aromatic carbocycles. The van der Waals surface area contributed by atoms with Gasteiger partial charge in [-0.25, -0.2) is 8.42 Å². The molecule has 0 spiro atoms. The van der Waals surface area contributed by atoms with E-state index >= 15 is 0 Å². The summed E-state index contributed by atoms with van der Waals surface area (Å²) in [5, 5.41) is 3.31. The summed E-state index contributed by atoms with van der Waals surface area (Å²) in [5.74, 6) is 0. The highest BCUT2D eigenvalue weighted by molar-refractivity contribution is 9.10. The molecule has 0 radical (unpaired) electrons. The van der Waals surface area contributed by atoms with E-state index in [9.17, 15) is 21.6 Å². The number of alkyl halides is 3. The molecule has 0 saturated heterocycles. The molecule has 0 fully saturated rings. The first kappa shape index (κ1) is 17.5. The molecule has 0 aliphatic rings. The van der Waals surface area contributed by atoms with Gasteiger partial charge < -0.3 is 0 Å². The Bertz CT molecular complexity index is 713. The molecule has 2 aromatic rings. The minimum Gasteiger partial charge on any atom is -0.207 e. The Labute approximate surface area is 138 Å². The fourth-order valence-corrected chi connectivity index (χ4v) is 4.11. The van der Waals surface area contributed by atoms with Gasteiger partial charge in [-0.15, -0.1) is 0 Å². The van der Waals surface area contributed by atoms with E-state index in [-0.39, 0.29) is 11.4 Å². The molecule has 1 aromatic heterocycles. The van der Waals surface area contributed by atoms with Gasteiger partial charge in [0, 0.05) is 11.0 Å². The van der Waals surface area contributed by atoms with E-state index in [1.165, 1.54) is 35.6 Å². The summed E-state index contributed by atoms with van der Waals surface area (Å²) in [5.41, 5.74) is 0.523. The van der Waals surface area contributed by atoms with Crippen LogP contribution in [0.25, 0.3) is 0 Å². The fourth-order valence-electron chi connectivity index (χ4n) is 1.77. The lowest BCUT2D eigenvalue weighted by Crippen LogP contribution is -2.38. The molecule has 3 nitrogen and oxygen atoms in total. The summed E-state index contributed by atoms with van der Waals surface area (Å²) in [6, 6.07) is 7.10. The van der Waals surface area contributed by atoms with Crippen LogP contribution in [0.1, 0.15) is 5.56 Å². The van der Waals surface area contributed by atoms with Crippen LogP contribution >= 0.6 is 27.3 Å². The zero-order valence-electron chi connectivity index (χ0n) is 11.0. The number of benzene rings is 1. The van der Waals surface area contributed by atoms with E-state index < -0.39 is 22.7 Å². The van der Waals surface area contributed by atoms with Crippen LogP contribution in [0.15, 0.2) is 50.5 Å². The van der Waals surface area contributed by atoms with Gasteiger partial charge in [0.1, 0.15) is 6.54 Å². The molecule has 9 heteroatoms. The number of hydrogen-bond donors (Lipinski definition) is 0. The summed E-state index contributed by atoms with van der Waals surface area (Å²) in [4.78, 5) is -0.171. The van der Waals surface area contributed by atoms with Gasteiger partial charge in [0.15, 0.2) is 0 Å². The van der Waals surface area contributed by atoms with Crippen LogP contribution in [-0.4, -0.2) is 25.4 Å². The molecule has 0 bridgehead atoms. The van der Waals surface area contributed by atoms with Crippen LogP contribution in [0.4, 0.5) is 13.2 Å². The number of thiophene rings is 1. The Kier molecular flexibility index (Phi) is 5.31. The van der Waals surface area contributed by atoms with Crippen LogP contribution in [0.5, 0.6) is 0 Å². The van der Waals surface area contributed by atoms with Gasteiger partial charge in [0.25, 0.3) is 0 Å². The van der Waals surface area contributed by atoms with E-state index in [0.29, 0.717) is 14.3 Å². The average molecular weight is 414 g/mol. The normalized spacial score (nSPS) is 12.8. The lowest BCUT2D eigenvalue weighted by molar-refractivity contribution is -0.136. The van der Waals surface area contributed by atoms with Crippen molar-refractivity contribution in [3.05, 3.63) is 51.1 Å². The third kappa shape index (κ3) is 4.55. The fraction of sp³-hybridized carbons (Fsp3) is 0.231. The molecule has 22 heavy (non-hydrogen) atoms. The van der Waals surface area contributed by atoms with Crippen LogP contribution in [0.2, 0.25) is 0 Å². The summed E-state index contributed by atoms with van der Waals surface area (Å²) in [6.07, 6.45) is -4.61. The minimum absolute atomic E-state index is 0.171. The van der Waals surface area contributed by atoms with Crippen LogP contribution in [0.3, 0.4) is 0 Å². The summed E-state index contributed by atoms with van der Waals surface area (Å²) < 4.78 is 64.2. The summed E-state index contributed by atoms with van der Waals surface area (Å²) in [7, 11) is -4.23. The highest BCUT2D eigenvalue weighted by Crippen LogP contribution is 2.26. The van der Waals surface area contributed by atoms with Crippen LogP contribution < -0.4 is 0 Å². The van der Waals surface area contributed by atoms with Crippen molar-refractivity contribution < 1.29 is 21.6 Å². The molecular formula is C13H11BrF3NO2S2. The number of sulfonamides is 1. The molecule has 0 saturated carbocycles. The molecule has 0 aliphatic carbocycles. The SMILES string of the molecule is O=S(=O)(c1ccc(Br)cc1)N(Cc1ccsc1)CC(F)(F)F. The Morgan fingerprint density at radius 2 is 1.77 bits per heavy atom. The van der Waals surface area contributed by atoms with Gasteiger partial charge in [0.05, 0.1) is 4.90 Å². The Balaban J connectivity index is 2.35. The third-order valence-electron chi connectivity index (χ3n) is 2.75. The lowest BCUT2D eigenvalue weighted by atomic mass is 10.3. The second-order valence-electron chi connectivity index (χ2n) is 4.47. The maximum Gasteiger partial charge on any atom is 0.402 e. The molecule has 0 atom stereocenters. The maximum atomic E-state index is 12.7. The van der Waals surface area contributed by atoms with Gasteiger partial charge in [-0.05, 0) is 46.7 Å². The molecule has 0 N–H and O–H groups in total. The van der Waals surface area contributed by atoms with Crippen LogP contribution in [0, 0.1) is 0 Å². The second kappa shape index (κ2) is 6.69.